The van der Waals surface area contributed by atoms with Gasteiger partial charge in [-0.05, 0) is 70.6 Å². The Morgan fingerprint density at radius 3 is 1.59 bits per heavy atom. The van der Waals surface area contributed by atoms with Gasteiger partial charge in [-0.3, -0.25) is 4.79 Å². The monoisotopic (exact) mass is 577 g/mol. The zero-order valence-electron chi connectivity index (χ0n) is 27.3. The minimum Gasteiger partial charge on any atom is -0.457 e. The fourth-order valence-electron chi connectivity index (χ4n) is 4.76. The van der Waals surface area contributed by atoms with E-state index in [2.05, 4.69) is 50.3 Å². The molecule has 0 aliphatic heterocycles. The molecule has 0 saturated carbocycles. The van der Waals surface area contributed by atoms with Crippen molar-refractivity contribution in [2.75, 3.05) is 19.8 Å². The van der Waals surface area contributed by atoms with Crippen LogP contribution in [0.5, 0.6) is 0 Å². The number of rotatable bonds is 32. The van der Waals surface area contributed by atoms with Crippen LogP contribution >= 0.6 is 0 Å². The van der Waals surface area contributed by atoms with Gasteiger partial charge in [0.25, 0.3) is 0 Å². The maximum absolute atomic E-state index is 12.1. The molecule has 0 heterocycles. The van der Waals surface area contributed by atoms with Crippen LogP contribution < -0.4 is 0 Å². The first-order valence-corrected chi connectivity index (χ1v) is 17.6. The van der Waals surface area contributed by atoms with Gasteiger partial charge in [0.2, 0.25) is 0 Å². The minimum atomic E-state index is -0.542. The predicted molar refractivity (Wildman–Crippen MR) is 177 cm³/mol. The molecular weight excluding hydrogens is 508 g/mol. The number of carbonyl (C=O) groups excluding carboxylic acids is 1. The molecule has 1 unspecified atom stereocenters. The van der Waals surface area contributed by atoms with E-state index >= 15 is 0 Å². The molecule has 0 aromatic rings. The number of aliphatic hydroxyl groups excluding tert-OH is 1. The van der Waals surface area contributed by atoms with Gasteiger partial charge in [0, 0.05) is 13.0 Å². The molecule has 0 saturated heterocycles. The average molecular weight is 577 g/mol. The number of esters is 1. The van der Waals surface area contributed by atoms with E-state index in [0.717, 1.165) is 38.5 Å². The number of allylic oxidation sites excluding steroid dienone is 6. The second-order valence-corrected chi connectivity index (χ2v) is 11.6. The molecule has 1 atom stereocenters. The Bertz CT molecular complexity index is 610. The summed E-state index contributed by atoms with van der Waals surface area (Å²) in [6.07, 6.45) is 41.7. The standard InChI is InChI=1S/C37H68O4/c1-3-5-7-9-11-13-15-17-19-20-22-24-26-28-30-32-37(39)41-36(34-38)35-40-33-31-29-27-25-23-21-18-16-14-12-10-8-6-4-2/h11,13-14,16-17,19,36,38H,3-10,12,15,18,20-35H2,1-2H3/b13-11-,16-14-,19-17-. The number of hydrogen-bond acceptors (Lipinski definition) is 4. The molecule has 41 heavy (non-hydrogen) atoms. The summed E-state index contributed by atoms with van der Waals surface area (Å²) in [4.78, 5) is 12.1. The van der Waals surface area contributed by atoms with Gasteiger partial charge in [-0.1, -0.05) is 127 Å². The Hall–Kier alpha value is -1.39. The van der Waals surface area contributed by atoms with Crippen molar-refractivity contribution >= 4 is 5.97 Å². The first-order chi connectivity index (χ1) is 20.2. The summed E-state index contributed by atoms with van der Waals surface area (Å²) in [5.41, 5.74) is 0. The lowest BCUT2D eigenvalue weighted by molar-refractivity contribution is -0.154. The van der Waals surface area contributed by atoms with Crippen molar-refractivity contribution in [3.63, 3.8) is 0 Å². The summed E-state index contributed by atoms with van der Waals surface area (Å²) in [7, 11) is 0. The molecule has 4 nitrogen and oxygen atoms in total. The number of carbonyl (C=O) groups is 1. The number of hydrogen-bond donors (Lipinski definition) is 1. The molecule has 240 valence electrons. The van der Waals surface area contributed by atoms with Crippen LogP contribution in [0.25, 0.3) is 0 Å². The van der Waals surface area contributed by atoms with Crippen LogP contribution in [0, 0.1) is 0 Å². The fourth-order valence-corrected chi connectivity index (χ4v) is 4.76. The molecule has 0 spiro atoms. The van der Waals surface area contributed by atoms with Crippen molar-refractivity contribution in [3.05, 3.63) is 36.5 Å². The van der Waals surface area contributed by atoms with E-state index in [-0.39, 0.29) is 19.2 Å². The lowest BCUT2D eigenvalue weighted by Crippen LogP contribution is -2.27. The second kappa shape index (κ2) is 34.8. The molecule has 0 aromatic carbocycles. The van der Waals surface area contributed by atoms with Crippen LogP contribution in [0.4, 0.5) is 0 Å². The average Bonchev–Trinajstić information content (AvgIpc) is 2.98. The lowest BCUT2D eigenvalue weighted by Gasteiger charge is -2.15. The highest BCUT2D eigenvalue weighted by atomic mass is 16.6. The Morgan fingerprint density at radius 1 is 0.585 bits per heavy atom. The van der Waals surface area contributed by atoms with Crippen LogP contribution in [-0.4, -0.2) is 37.0 Å². The summed E-state index contributed by atoms with van der Waals surface area (Å²) in [6, 6.07) is 0. The lowest BCUT2D eigenvalue weighted by atomic mass is 10.1. The van der Waals surface area contributed by atoms with Crippen molar-refractivity contribution in [2.45, 2.75) is 174 Å². The van der Waals surface area contributed by atoms with Gasteiger partial charge >= 0.3 is 5.97 Å². The van der Waals surface area contributed by atoms with Crippen molar-refractivity contribution in [1.82, 2.24) is 0 Å². The smallest absolute Gasteiger partial charge is 0.306 e. The molecule has 0 amide bonds. The second-order valence-electron chi connectivity index (χ2n) is 11.6. The van der Waals surface area contributed by atoms with Gasteiger partial charge < -0.3 is 14.6 Å². The maximum atomic E-state index is 12.1. The highest BCUT2D eigenvalue weighted by Gasteiger charge is 2.13. The summed E-state index contributed by atoms with van der Waals surface area (Å²) in [5, 5.41) is 9.53. The van der Waals surface area contributed by atoms with Crippen molar-refractivity contribution in [3.8, 4) is 0 Å². The largest absolute Gasteiger partial charge is 0.457 e. The van der Waals surface area contributed by atoms with E-state index < -0.39 is 6.10 Å². The van der Waals surface area contributed by atoms with E-state index in [1.807, 2.05) is 0 Å². The number of aliphatic hydroxyl groups is 1. The molecule has 4 heteroatoms. The first-order valence-electron chi connectivity index (χ1n) is 17.6. The predicted octanol–water partition coefficient (Wildman–Crippen LogP) is 11.0. The van der Waals surface area contributed by atoms with E-state index in [1.54, 1.807) is 0 Å². The van der Waals surface area contributed by atoms with E-state index in [4.69, 9.17) is 9.47 Å². The van der Waals surface area contributed by atoms with Gasteiger partial charge in [0.1, 0.15) is 6.10 Å². The Labute approximate surface area is 255 Å². The fraction of sp³-hybridized carbons (Fsp3) is 0.811. The third kappa shape index (κ3) is 33.0. The normalized spacial score (nSPS) is 12.8. The Morgan fingerprint density at radius 2 is 1.02 bits per heavy atom. The Kier molecular flexibility index (Phi) is 33.6. The Balaban J connectivity index is 3.49. The third-order valence-corrected chi connectivity index (χ3v) is 7.44. The van der Waals surface area contributed by atoms with E-state index in [0.29, 0.717) is 13.0 Å². The molecule has 0 rings (SSSR count). The molecule has 1 N–H and O–H groups in total. The van der Waals surface area contributed by atoms with Gasteiger partial charge in [-0.15, -0.1) is 0 Å². The third-order valence-electron chi connectivity index (χ3n) is 7.44. The highest BCUT2D eigenvalue weighted by Crippen LogP contribution is 2.11. The van der Waals surface area contributed by atoms with Crippen LogP contribution in [0.15, 0.2) is 36.5 Å². The van der Waals surface area contributed by atoms with Gasteiger partial charge in [-0.25, -0.2) is 0 Å². The number of unbranched alkanes of at least 4 members (excludes halogenated alkanes) is 18. The van der Waals surface area contributed by atoms with Crippen LogP contribution in [-0.2, 0) is 14.3 Å². The quantitative estimate of drug-likeness (QED) is 0.0491. The zero-order chi connectivity index (χ0) is 29.9. The topological polar surface area (TPSA) is 55.8 Å². The van der Waals surface area contributed by atoms with Crippen molar-refractivity contribution in [2.24, 2.45) is 0 Å². The SMILES string of the molecule is CCCCC/C=C\C/C=C\CCCCCCCC(=O)OC(CO)COCCCCCCCC/C=C\CCCCCC. The molecule has 0 aliphatic rings. The number of ether oxygens (including phenoxy) is 2. The van der Waals surface area contributed by atoms with Gasteiger partial charge in [-0.2, -0.15) is 0 Å². The maximum Gasteiger partial charge on any atom is 0.306 e. The summed E-state index contributed by atoms with van der Waals surface area (Å²) < 4.78 is 11.1. The van der Waals surface area contributed by atoms with Crippen LogP contribution in [0.1, 0.15) is 168 Å². The first kappa shape index (κ1) is 39.6. The molecule has 0 bridgehead atoms. The summed E-state index contributed by atoms with van der Waals surface area (Å²) >= 11 is 0. The zero-order valence-corrected chi connectivity index (χ0v) is 27.3. The van der Waals surface area contributed by atoms with Crippen LogP contribution in [0.2, 0.25) is 0 Å². The highest BCUT2D eigenvalue weighted by molar-refractivity contribution is 5.69. The van der Waals surface area contributed by atoms with E-state index in [9.17, 15) is 9.90 Å². The molecule has 0 aromatic heterocycles. The summed E-state index contributed by atoms with van der Waals surface area (Å²) in [6.45, 7) is 5.27. The minimum absolute atomic E-state index is 0.179. The molecular formula is C37H68O4. The van der Waals surface area contributed by atoms with Gasteiger partial charge in [0.05, 0.1) is 13.2 Å². The summed E-state index contributed by atoms with van der Waals surface area (Å²) in [5.74, 6) is -0.218. The molecule has 0 fully saturated rings. The van der Waals surface area contributed by atoms with Crippen molar-refractivity contribution in [1.29, 1.82) is 0 Å². The molecule has 0 aliphatic carbocycles. The van der Waals surface area contributed by atoms with E-state index in [1.165, 1.54) is 109 Å². The van der Waals surface area contributed by atoms with Crippen molar-refractivity contribution < 1.29 is 19.4 Å². The molecule has 0 radical (unpaired) electrons. The van der Waals surface area contributed by atoms with Crippen LogP contribution in [0.3, 0.4) is 0 Å². The van der Waals surface area contributed by atoms with Gasteiger partial charge in [0.15, 0.2) is 0 Å².